The zero-order valence-corrected chi connectivity index (χ0v) is 9.69. The second kappa shape index (κ2) is 4.52. The minimum absolute atomic E-state index is 0.0763. The van der Waals surface area contributed by atoms with Crippen molar-refractivity contribution in [1.29, 1.82) is 0 Å². The summed E-state index contributed by atoms with van der Waals surface area (Å²) in [6.07, 6.45) is 0.814. The third kappa shape index (κ3) is 3.54. The maximum atomic E-state index is 11.4. The molecule has 0 aromatic heterocycles. The molecule has 0 spiro atoms. The van der Waals surface area contributed by atoms with E-state index in [0.717, 1.165) is 6.26 Å². The summed E-state index contributed by atoms with van der Waals surface area (Å²) in [6, 6.07) is 5.90. The highest BCUT2D eigenvalue weighted by atomic mass is 32.2. The molecule has 16 heavy (non-hydrogen) atoms. The molecular weight excluding hydrogens is 232 g/mol. The molecule has 6 heteroatoms. The predicted octanol–water partition coefficient (Wildman–Crippen LogP) is 0.998. The predicted molar refractivity (Wildman–Crippen MR) is 57.5 cm³/mol. The van der Waals surface area contributed by atoms with Crippen LogP contribution in [0.3, 0.4) is 0 Å². The van der Waals surface area contributed by atoms with Gasteiger partial charge in [-0.15, -0.1) is 0 Å². The summed E-state index contributed by atoms with van der Waals surface area (Å²) in [5.41, 5.74) is 0.575. The molecule has 0 saturated carbocycles. The van der Waals surface area contributed by atoms with Crippen molar-refractivity contribution in [2.24, 2.45) is 0 Å². The lowest BCUT2D eigenvalue weighted by molar-refractivity contribution is -0.135. The van der Waals surface area contributed by atoms with Crippen molar-refractivity contribution in [3.63, 3.8) is 0 Å². The molecule has 0 amide bonds. The fourth-order valence-electron chi connectivity index (χ4n) is 1.12. The summed E-state index contributed by atoms with van der Waals surface area (Å²) in [5.74, 6) is -1.46. The van der Waals surface area contributed by atoms with Gasteiger partial charge in [0.05, 0.1) is 12.2 Å². The highest BCUT2D eigenvalue weighted by Gasteiger charge is 2.20. The lowest BCUT2D eigenvalue weighted by Crippen LogP contribution is -2.17. The molecule has 5 nitrogen and oxygen atoms in total. The van der Waals surface area contributed by atoms with Crippen LogP contribution in [0.4, 0.5) is 0 Å². The van der Waals surface area contributed by atoms with Crippen molar-refractivity contribution in [2.45, 2.75) is 12.8 Å². The zero-order valence-electron chi connectivity index (χ0n) is 8.88. The zero-order chi connectivity index (χ0) is 12.3. The molecule has 0 bridgehead atoms. The normalized spacial score (nSPS) is 13.1. The first-order valence-corrected chi connectivity index (χ1v) is 6.33. The molecule has 0 saturated heterocycles. The average molecular weight is 244 g/mol. The molecule has 88 valence electrons. The summed E-state index contributed by atoms with van der Waals surface area (Å²) in [7, 11) is -3.78. The van der Waals surface area contributed by atoms with Gasteiger partial charge in [-0.2, -0.15) is 8.42 Å². The molecule has 0 fully saturated rings. The van der Waals surface area contributed by atoms with Crippen LogP contribution in [0.1, 0.15) is 18.4 Å². The third-order valence-electron chi connectivity index (χ3n) is 1.98. The van der Waals surface area contributed by atoms with Crippen molar-refractivity contribution < 1.29 is 22.5 Å². The fourth-order valence-corrected chi connectivity index (χ4v) is 1.56. The first-order valence-electron chi connectivity index (χ1n) is 4.52. The molecule has 1 aromatic carbocycles. The Labute approximate surface area is 93.8 Å². The summed E-state index contributed by atoms with van der Waals surface area (Å²) in [5, 5.41) is 9.05. The molecule has 0 aliphatic heterocycles. The number of hydrogen-bond acceptors (Lipinski definition) is 5. The highest BCUT2D eigenvalue weighted by molar-refractivity contribution is 7.86. The van der Waals surface area contributed by atoms with Crippen LogP contribution in [0.25, 0.3) is 0 Å². The van der Waals surface area contributed by atoms with Crippen LogP contribution >= 0.6 is 0 Å². The van der Waals surface area contributed by atoms with E-state index in [1.54, 1.807) is 0 Å². The van der Waals surface area contributed by atoms with Gasteiger partial charge in [0.1, 0.15) is 5.75 Å². The Morgan fingerprint density at radius 2 is 1.81 bits per heavy atom. The molecule has 0 aliphatic rings. The van der Waals surface area contributed by atoms with Crippen molar-refractivity contribution in [3.8, 4) is 5.75 Å². The number of hydrogen-bond donors (Lipinski definition) is 1. The number of benzene rings is 1. The number of phenolic OH excluding ortho intramolecular Hbond substituents is 1. The lowest BCUT2D eigenvalue weighted by Gasteiger charge is -2.09. The number of rotatable bonds is 3. The minimum Gasteiger partial charge on any atom is -0.508 e. The van der Waals surface area contributed by atoms with E-state index >= 15 is 0 Å². The smallest absolute Gasteiger partial charge is 0.329 e. The Morgan fingerprint density at radius 3 is 2.25 bits per heavy atom. The topological polar surface area (TPSA) is 80.7 Å². The van der Waals surface area contributed by atoms with Gasteiger partial charge in [-0.1, -0.05) is 12.1 Å². The second-order valence-electron chi connectivity index (χ2n) is 3.42. The first kappa shape index (κ1) is 12.5. The van der Waals surface area contributed by atoms with Gasteiger partial charge in [0.25, 0.3) is 0 Å². The summed E-state index contributed by atoms with van der Waals surface area (Å²) in [6.45, 7) is 1.53. The maximum Gasteiger partial charge on any atom is 0.329 e. The summed E-state index contributed by atoms with van der Waals surface area (Å²) >= 11 is 0. The first-order chi connectivity index (χ1) is 7.29. The van der Waals surface area contributed by atoms with E-state index in [4.69, 9.17) is 5.11 Å². The Kier molecular flexibility index (Phi) is 3.54. The maximum absolute atomic E-state index is 11.4. The van der Waals surface area contributed by atoms with Gasteiger partial charge in [-0.05, 0) is 24.6 Å². The Balaban J connectivity index is 2.82. The van der Waals surface area contributed by atoms with Crippen molar-refractivity contribution >= 4 is 16.1 Å². The van der Waals surface area contributed by atoms with Crippen LogP contribution in [0.2, 0.25) is 0 Å². The number of phenols is 1. The fraction of sp³-hybridized carbons (Fsp3) is 0.300. The van der Waals surface area contributed by atoms with E-state index < -0.39 is 22.0 Å². The summed E-state index contributed by atoms with van der Waals surface area (Å²) < 4.78 is 25.8. The second-order valence-corrected chi connectivity index (χ2v) is 4.99. The molecule has 0 unspecified atom stereocenters. The Bertz CT molecular complexity index is 474. The van der Waals surface area contributed by atoms with E-state index in [0.29, 0.717) is 5.56 Å². The van der Waals surface area contributed by atoms with E-state index in [2.05, 4.69) is 4.18 Å². The van der Waals surface area contributed by atoms with E-state index in [1.165, 1.54) is 31.2 Å². The molecule has 1 N–H and O–H groups in total. The van der Waals surface area contributed by atoms with Gasteiger partial charge in [0.2, 0.25) is 0 Å². The molecule has 1 aromatic rings. The van der Waals surface area contributed by atoms with E-state index in [1.807, 2.05) is 0 Å². The largest absolute Gasteiger partial charge is 0.508 e. The molecular formula is C10H12O5S. The molecule has 0 radical (unpaired) electrons. The van der Waals surface area contributed by atoms with Crippen LogP contribution in [0, 0.1) is 0 Å². The number of carbonyl (C=O) groups excluding carboxylic acids is 1. The lowest BCUT2D eigenvalue weighted by atomic mass is 10.0. The standard InChI is InChI=1S/C10H12O5S/c1-7(10(12)15-16(2,13)14)8-3-5-9(11)6-4-8/h3-7,11H,1-2H3/t7-/m1/s1. The van der Waals surface area contributed by atoms with Crippen LogP contribution in [0.15, 0.2) is 24.3 Å². The highest BCUT2D eigenvalue weighted by Crippen LogP contribution is 2.20. The van der Waals surface area contributed by atoms with Crippen molar-refractivity contribution in [1.82, 2.24) is 0 Å². The van der Waals surface area contributed by atoms with Crippen molar-refractivity contribution in [2.75, 3.05) is 6.26 Å². The summed E-state index contributed by atoms with van der Waals surface area (Å²) in [4.78, 5) is 11.4. The van der Waals surface area contributed by atoms with Gasteiger partial charge in [0, 0.05) is 0 Å². The third-order valence-corrected chi connectivity index (χ3v) is 2.45. The van der Waals surface area contributed by atoms with Gasteiger partial charge in [-0.25, -0.2) is 0 Å². The van der Waals surface area contributed by atoms with Crippen LogP contribution in [0.5, 0.6) is 5.75 Å². The molecule has 0 aliphatic carbocycles. The Hall–Kier alpha value is -1.56. The van der Waals surface area contributed by atoms with Crippen LogP contribution in [-0.4, -0.2) is 25.7 Å². The van der Waals surface area contributed by atoms with Gasteiger partial charge < -0.3 is 9.29 Å². The monoisotopic (exact) mass is 244 g/mol. The molecule has 0 heterocycles. The molecule has 1 rings (SSSR count). The quantitative estimate of drug-likeness (QED) is 0.802. The van der Waals surface area contributed by atoms with Crippen LogP contribution < -0.4 is 0 Å². The van der Waals surface area contributed by atoms with Gasteiger partial charge in [0.15, 0.2) is 0 Å². The van der Waals surface area contributed by atoms with E-state index in [-0.39, 0.29) is 5.75 Å². The molecule has 1 atom stereocenters. The van der Waals surface area contributed by atoms with Crippen LogP contribution in [-0.2, 0) is 19.1 Å². The number of aromatic hydroxyl groups is 1. The SMILES string of the molecule is C[C@@H](C(=O)OS(C)(=O)=O)c1ccc(O)cc1. The Morgan fingerprint density at radius 1 is 1.31 bits per heavy atom. The number of carbonyl (C=O) groups is 1. The van der Waals surface area contributed by atoms with Gasteiger partial charge in [-0.3, -0.25) is 4.79 Å². The van der Waals surface area contributed by atoms with Gasteiger partial charge >= 0.3 is 16.1 Å². The van der Waals surface area contributed by atoms with Crippen molar-refractivity contribution in [3.05, 3.63) is 29.8 Å². The van der Waals surface area contributed by atoms with E-state index in [9.17, 15) is 13.2 Å². The minimum atomic E-state index is -3.78. The average Bonchev–Trinajstić information content (AvgIpc) is 2.15.